The quantitative estimate of drug-likeness (QED) is 0.911. The van der Waals surface area contributed by atoms with Gasteiger partial charge in [-0.1, -0.05) is 21.1 Å². The number of aromatic nitrogens is 2. The molecule has 1 aromatic heterocycles. The second kappa shape index (κ2) is 5.63. The van der Waals surface area contributed by atoms with Gasteiger partial charge in [-0.05, 0) is 37.1 Å². The van der Waals surface area contributed by atoms with Crippen LogP contribution in [0, 0.1) is 6.92 Å². The van der Waals surface area contributed by atoms with E-state index in [-0.39, 0.29) is 12.0 Å². The molecule has 0 saturated carbocycles. The van der Waals surface area contributed by atoms with Crippen LogP contribution in [0.25, 0.3) is 11.4 Å². The van der Waals surface area contributed by atoms with Crippen LogP contribution in [0.2, 0.25) is 0 Å². The number of hydrogen-bond donors (Lipinski definition) is 1. The molecule has 2 heterocycles. The molecule has 2 aromatic rings. The zero-order valence-corrected chi connectivity index (χ0v) is 12.8. The normalized spacial score (nSPS) is 22.9. The average Bonchev–Trinajstić information content (AvgIpc) is 2.88. The standard InChI is InChI=1S/C14H16BrN3O2/c1-8-6-9(15)2-3-10(8)13-17-14(20-18-13)11-7-19-5-4-12(11)16/h2-3,6,11-12H,4-5,7,16H2,1H3. The van der Waals surface area contributed by atoms with E-state index in [1.54, 1.807) is 0 Å². The highest BCUT2D eigenvalue weighted by Gasteiger charge is 2.29. The highest BCUT2D eigenvalue weighted by atomic mass is 79.9. The molecule has 2 N–H and O–H groups in total. The molecule has 1 aromatic carbocycles. The zero-order chi connectivity index (χ0) is 14.1. The van der Waals surface area contributed by atoms with Crippen molar-refractivity contribution in [2.75, 3.05) is 13.2 Å². The summed E-state index contributed by atoms with van der Waals surface area (Å²) in [6.07, 6.45) is 0.819. The van der Waals surface area contributed by atoms with Gasteiger partial charge in [-0.15, -0.1) is 0 Å². The lowest BCUT2D eigenvalue weighted by Gasteiger charge is -2.25. The molecule has 5 nitrogen and oxygen atoms in total. The van der Waals surface area contributed by atoms with Crippen LogP contribution in [0.5, 0.6) is 0 Å². The summed E-state index contributed by atoms with van der Waals surface area (Å²) >= 11 is 3.45. The minimum atomic E-state index is -0.0132. The summed E-state index contributed by atoms with van der Waals surface area (Å²) in [7, 11) is 0. The summed E-state index contributed by atoms with van der Waals surface area (Å²) in [4.78, 5) is 4.49. The fourth-order valence-electron chi connectivity index (χ4n) is 2.38. The van der Waals surface area contributed by atoms with Crippen LogP contribution in [0.3, 0.4) is 0 Å². The third-order valence-corrected chi connectivity index (χ3v) is 4.09. The molecule has 6 heteroatoms. The van der Waals surface area contributed by atoms with Crippen LogP contribution in [-0.4, -0.2) is 29.4 Å². The molecule has 0 bridgehead atoms. The largest absolute Gasteiger partial charge is 0.381 e. The number of hydrogen-bond acceptors (Lipinski definition) is 5. The summed E-state index contributed by atoms with van der Waals surface area (Å²) in [5.74, 6) is 1.15. The highest BCUT2D eigenvalue weighted by Crippen LogP contribution is 2.28. The fourth-order valence-corrected chi connectivity index (χ4v) is 2.86. The van der Waals surface area contributed by atoms with E-state index in [4.69, 9.17) is 15.0 Å². The Labute approximate surface area is 125 Å². The van der Waals surface area contributed by atoms with Crippen molar-refractivity contribution in [1.29, 1.82) is 0 Å². The maximum Gasteiger partial charge on any atom is 0.233 e. The monoisotopic (exact) mass is 337 g/mol. The average molecular weight is 338 g/mol. The number of nitrogens with zero attached hydrogens (tertiary/aromatic N) is 2. The van der Waals surface area contributed by atoms with Crippen molar-refractivity contribution in [1.82, 2.24) is 10.1 Å². The molecule has 0 amide bonds. The Morgan fingerprint density at radius 2 is 2.25 bits per heavy atom. The minimum absolute atomic E-state index is 0.0132. The summed E-state index contributed by atoms with van der Waals surface area (Å²) in [6.45, 7) is 3.26. The Bertz CT molecular complexity index is 614. The van der Waals surface area contributed by atoms with Gasteiger partial charge >= 0.3 is 0 Å². The molecular formula is C14H16BrN3O2. The van der Waals surface area contributed by atoms with Crippen LogP contribution in [0.4, 0.5) is 0 Å². The first kappa shape index (κ1) is 13.7. The molecule has 1 aliphatic rings. The maximum atomic E-state index is 6.09. The van der Waals surface area contributed by atoms with E-state index in [0.29, 0.717) is 24.9 Å². The van der Waals surface area contributed by atoms with Crippen molar-refractivity contribution in [3.05, 3.63) is 34.1 Å². The van der Waals surface area contributed by atoms with Crippen molar-refractivity contribution in [2.45, 2.75) is 25.3 Å². The van der Waals surface area contributed by atoms with E-state index in [9.17, 15) is 0 Å². The molecule has 20 heavy (non-hydrogen) atoms. The summed E-state index contributed by atoms with van der Waals surface area (Å²) in [5.41, 5.74) is 8.15. The van der Waals surface area contributed by atoms with Gasteiger partial charge in [0.2, 0.25) is 11.7 Å². The van der Waals surface area contributed by atoms with E-state index in [1.807, 2.05) is 25.1 Å². The molecule has 0 aliphatic carbocycles. The smallest absolute Gasteiger partial charge is 0.233 e. The number of rotatable bonds is 2. The highest BCUT2D eigenvalue weighted by molar-refractivity contribution is 9.10. The van der Waals surface area contributed by atoms with Crippen molar-refractivity contribution < 1.29 is 9.26 Å². The lowest BCUT2D eigenvalue weighted by atomic mass is 9.97. The van der Waals surface area contributed by atoms with Crippen molar-refractivity contribution in [2.24, 2.45) is 5.73 Å². The third kappa shape index (κ3) is 2.63. The van der Waals surface area contributed by atoms with Crippen molar-refractivity contribution in [3.63, 3.8) is 0 Å². The topological polar surface area (TPSA) is 74.2 Å². The first-order valence-corrected chi connectivity index (χ1v) is 7.38. The number of nitrogens with two attached hydrogens (primary N) is 1. The lowest BCUT2D eigenvalue weighted by molar-refractivity contribution is 0.0590. The molecule has 1 saturated heterocycles. The molecule has 1 aliphatic heterocycles. The second-order valence-electron chi connectivity index (χ2n) is 5.05. The third-order valence-electron chi connectivity index (χ3n) is 3.60. The van der Waals surface area contributed by atoms with Crippen LogP contribution in [-0.2, 0) is 4.74 Å². The molecule has 0 radical (unpaired) electrons. The molecule has 0 spiro atoms. The van der Waals surface area contributed by atoms with Gasteiger partial charge in [0.15, 0.2) is 0 Å². The molecule has 1 fully saturated rings. The Kier molecular flexibility index (Phi) is 3.87. The van der Waals surface area contributed by atoms with E-state index in [1.165, 1.54) is 0 Å². The Morgan fingerprint density at radius 1 is 1.40 bits per heavy atom. The first-order valence-electron chi connectivity index (χ1n) is 6.58. The minimum Gasteiger partial charge on any atom is -0.381 e. The Balaban J connectivity index is 1.89. The van der Waals surface area contributed by atoms with Gasteiger partial charge in [0.1, 0.15) is 0 Å². The van der Waals surface area contributed by atoms with Crippen LogP contribution in [0.1, 0.15) is 23.8 Å². The number of aryl methyl sites for hydroxylation is 1. The summed E-state index contributed by atoms with van der Waals surface area (Å²) in [6, 6.07) is 5.99. The maximum absolute atomic E-state index is 6.09. The van der Waals surface area contributed by atoms with Crippen molar-refractivity contribution >= 4 is 15.9 Å². The molecular weight excluding hydrogens is 322 g/mol. The predicted molar refractivity (Wildman–Crippen MR) is 78.3 cm³/mol. The summed E-state index contributed by atoms with van der Waals surface area (Å²) in [5, 5.41) is 4.07. The fraction of sp³-hybridized carbons (Fsp3) is 0.429. The Morgan fingerprint density at radius 3 is 3.00 bits per heavy atom. The van der Waals surface area contributed by atoms with Gasteiger partial charge in [-0.25, -0.2) is 0 Å². The van der Waals surface area contributed by atoms with E-state index in [2.05, 4.69) is 26.1 Å². The number of ether oxygens (including phenoxy) is 1. The van der Waals surface area contributed by atoms with Gasteiger partial charge in [0, 0.05) is 22.7 Å². The van der Waals surface area contributed by atoms with E-state index in [0.717, 1.165) is 22.0 Å². The summed E-state index contributed by atoms with van der Waals surface area (Å²) < 4.78 is 11.9. The molecule has 106 valence electrons. The van der Waals surface area contributed by atoms with Gasteiger partial charge in [0.05, 0.1) is 12.5 Å². The lowest BCUT2D eigenvalue weighted by Crippen LogP contribution is -2.37. The number of benzene rings is 1. The van der Waals surface area contributed by atoms with Crippen LogP contribution >= 0.6 is 15.9 Å². The van der Waals surface area contributed by atoms with Gasteiger partial charge in [-0.3, -0.25) is 0 Å². The first-order chi connectivity index (χ1) is 9.65. The van der Waals surface area contributed by atoms with Gasteiger partial charge in [-0.2, -0.15) is 4.98 Å². The Hall–Kier alpha value is -1.24. The SMILES string of the molecule is Cc1cc(Br)ccc1-c1noc(C2COCCC2N)n1. The van der Waals surface area contributed by atoms with Gasteiger partial charge < -0.3 is 15.0 Å². The molecule has 2 atom stereocenters. The zero-order valence-electron chi connectivity index (χ0n) is 11.2. The van der Waals surface area contributed by atoms with E-state index >= 15 is 0 Å². The van der Waals surface area contributed by atoms with Crippen LogP contribution in [0.15, 0.2) is 27.2 Å². The molecule has 3 rings (SSSR count). The number of halogens is 1. The molecule has 2 unspecified atom stereocenters. The van der Waals surface area contributed by atoms with Gasteiger partial charge in [0.25, 0.3) is 0 Å². The predicted octanol–water partition coefficient (Wildman–Crippen LogP) is 2.64. The van der Waals surface area contributed by atoms with Crippen LogP contribution < -0.4 is 5.73 Å². The van der Waals surface area contributed by atoms with E-state index < -0.39 is 0 Å². The van der Waals surface area contributed by atoms with Crippen molar-refractivity contribution in [3.8, 4) is 11.4 Å². The second-order valence-corrected chi connectivity index (χ2v) is 5.97.